The molecule has 2 aromatic carbocycles. The second-order valence-corrected chi connectivity index (χ2v) is 7.06. The maximum absolute atomic E-state index is 12.7. The summed E-state index contributed by atoms with van der Waals surface area (Å²) in [6.07, 6.45) is 0.541. The molecule has 1 aromatic heterocycles. The number of amides is 1. The van der Waals surface area contributed by atoms with E-state index < -0.39 is 6.04 Å². The van der Waals surface area contributed by atoms with Gasteiger partial charge in [-0.1, -0.05) is 36.7 Å². The van der Waals surface area contributed by atoms with E-state index >= 15 is 0 Å². The van der Waals surface area contributed by atoms with Crippen LogP contribution in [0, 0.1) is 0 Å². The van der Waals surface area contributed by atoms with Crippen molar-refractivity contribution in [1.82, 2.24) is 9.27 Å². The molecule has 0 saturated heterocycles. The number of fused-ring (bicyclic) bond motifs is 2. The molecule has 3 aromatic rings. The van der Waals surface area contributed by atoms with Gasteiger partial charge in [-0.05, 0) is 36.2 Å². The van der Waals surface area contributed by atoms with Gasteiger partial charge in [0, 0.05) is 6.54 Å². The summed E-state index contributed by atoms with van der Waals surface area (Å²) in [5.74, 6) is 1.23. The SMILES string of the molecule is CC[C@@H](C(=O)NCc1ccc2c(c1)OCO2)n1sc2ccccc2c1=O. The van der Waals surface area contributed by atoms with Crippen molar-refractivity contribution >= 4 is 27.5 Å². The van der Waals surface area contributed by atoms with Gasteiger partial charge in [-0.15, -0.1) is 0 Å². The summed E-state index contributed by atoms with van der Waals surface area (Å²) in [6.45, 7) is 2.49. The van der Waals surface area contributed by atoms with E-state index in [-0.39, 0.29) is 18.3 Å². The molecule has 0 fully saturated rings. The van der Waals surface area contributed by atoms with Gasteiger partial charge in [-0.25, -0.2) is 0 Å². The van der Waals surface area contributed by atoms with E-state index in [1.165, 1.54) is 11.5 Å². The second-order valence-electron chi connectivity index (χ2n) is 6.05. The lowest BCUT2D eigenvalue weighted by molar-refractivity contribution is -0.124. The number of ether oxygens (including phenoxy) is 2. The molecule has 0 saturated carbocycles. The maximum atomic E-state index is 12.7. The highest BCUT2D eigenvalue weighted by Gasteiger charge is 2.22. The second kappa shape index (κ2) is 6.84. The lowest BCUT2D eigenvalue weighted by Gasteiger charge is -2.15. The molecule has 0 aliphatic carbocycles. The first-order valence-corrected chi connectivity index (χ1v) is 9.21. The Kier molecular flexibility index (Phi) is 4.38. The van der Waals surface area contributed by atoms with Crippen LogP contribution in [0.25, 0.3) is 10.1 Å². The van der Waals surface area contributed by atoms with Crippen molar-refractivity contribution in [3.8, 4) is 11.5 Å². The first-order valence-electron chi connectivity index (χ1n) is 8.44. The minimum Gasteiger partial charge on any atom is -0.454 e. The summed E-state index contributed by atoms with van der Waals surface area (Å²) in [4.78, 5) is 25.3. The van der Waals surface area contributed by atoms with E-state index in [2.05, 4.69) is 5.32 Å². The van der Waals surface area contributed by atoms with Crippen molar-refractivity contribution in [2.75, 3.05) is 6.79 Å². The Morgan fingerprint density at radius 2 is 2.04 bits per heavy atom. The first-order chi connectivity index (χ1) is 12.7. The molecule has 134 valence electrons. The van der Waals surface area contributed by atoms with Crippen LogP contribution in [0.3, 0.4) is 0 Å². The molecule has 1 amide bonds. The average molecular weight is 370 g/mol. The number of aromatic nitrogens is 1. The number of hydrogen-bond donors (Lipinski definition) is 1. The van der Waals surface area contributed by atoms with Crippen molar-refractivity contribution in [3.63, 3.8) is 0 Å². The largest absolute Gasteiger partial charge is 0.454 e. The summed E-state index contributed by atoms with van der Waals surface area (Å²) >= 11 is 1.33. The molecule has 1 N–H and O–H groups in total. The van der Waals surface area contributed by atoms with Gasteiger partial charge in [-0.3, -0.25) is 13.5 Å². The Morgan fingerprint density at radius 1 is 1.23 bits per heavy atom. The van der Waals surface area contributed by atoms with Crippen LogP contribution < -0.4 is 20.3 Å². The maximum Gasteiger partial charge on any atom is 0.269 e. The van der Waals surface area contributed by atoms with Crippen molar-refractivity contribution in [3.05, 3.63) is 58.4 Å². The molecule has 1 atom stereocenters. The monoisotopic (exact) mass is 370 g/mol. The molecular formula is C19H18N2O4S. The third-order valence-electron chi connectivity index (χ3n) is 4.39. The molecule has 1 aliphatic rings. The molecule has 4 rings (SSSR count). The average Bonchev–Trinajstić information content (AvgIpc) is 3.25. The molecule has 0 spiro atoms. The van der Waals surface area contributed by atoms with Crippen LogP contribution in [0.4, 0.5) is 0 Å². The van der Waals surface area contributed by atoms with Gasteiger partial charge < -0.3 is 14.8 Å². The minimum atomic E-state index is -0.520. The molecule has 6 nitrogen and oxygen atoms in total. The van der Waals surface area contributed by atoms with Crippen LogP contribution in [-0.2, 0) is 11.3 Å². The van der Waals surface area contributed by atoms with E-state index in [0.717, 1.165) is 10.3 Å². The van der Waals surface area contributed by atoms with Gasteiger partial charge >= 0.3 is 0 Å². The van der Waals surface area contributed by atoms with Crippen molar-refractivity contribution < 1.29 is 14.3 Å². The predicted octanol–water partition coefficient (Wildman–Crippen LogP) is 3.06. The number of nitrogens with zero attached hydrogens (tertiary/aromatic N) is 1. The molecule has 0 unspecified atom stereocenters. The van der Waals surface area contributed by atoms with Crippen LogP contribution >= 0.6 is 11.5 Å². The summed E-state index contributed by atoms with van der Waals surface area (Å²) < 4.78 is 13.1. The van der Waals surface area contributed by atoms with E-state index in [1.807, 2.05) is 43.3 Å². The van der Waals surface area contributed by atoms with Gasteiger partial charge in [0.05, 0.1) is 10.1 Å². The molecule has 0 radical (unpaired) electrons. The number of nitrogens with one attached hydrogen (secondary N) is 1. The summed E-state index contributed by atoms with van der Waals surface area (Å²) in [5, 5.41) is 3.58. The summed E-state index contributed by atoms with van der Waals surface area (Å²) in [7, 11) is 0. The van der Waals surface area contributed by atoms with Crippen LogP contribution in [-0.4, -0.2) is 16.7 Å². The summed E-state index contributed by atoms with van der Waals surface area (Å²) in [6, 6.07) is 12.5. The number of rotatable bonds is 5. The van der Waals surface area contributed by atoms with Crippen molar-refractivity contribution in [2.45, 2.75) is 25.9 Å². The summed E-state index contributed by atoms with van der Waals surface area (Å²) in [5.41, 5.74) is 0.803. The molecular weight excluding hydrogens is 352 g/mol. The van der Waals surface area contributed by atoms with Crippen LogP contribution in [0.5, 0.6) is 11.5 Å². The molecule has 7 heteroatoms. The Balaban J connectivity index is 1.52. The van der Waals surface area contributed by atoms with E-state index in [4.69, 9.17) is 9.47 Å². The number of carbonyl (C=O) groups excluding carboxylic acids is 1. The normalized spacial score (nSPS) is 13.7. The molecule has 2 heterocycles. The number of carbonyl (C=O) groups is 1. The zero-order valence-corrected chi connectivity index (χ0v) is 15.0. The van der Waals surface area contributed by atoms with Gasteiger partial charge in [0.15, 0.2) is 11.5 Å². The van der Waals surface area contributed by atoms with E-state index in [9.17, 15) is 9.59 Å². The highest BCUT2D eigenvalue weighted by atomic mass is 32.1. The highest BCUT2D eigenvalue weighted by Crippen LogP contribution is 2.32. The van der Waals surface area contributed by atoms with Gasteiger partial charge in [0.2, 0.25) is 12.7 Å². The van der Waals surface area contributed by atoms with Gasteiger partial charge in [0.1, 0.15) is 6.04 Å². The quantitative estimate of drug-likeness (QED) is 0.749. The standard InChI is InChI=1S/C19H18N2O4S/c1-2-14(21-19(23)13-5-3-4-6-17(13)26-21)18(22)20-10-12-7-8-15-16(9-12)25-11-24-15/h3-9,14H,2,10-11H2,1H3,(H,20,22)/t14-/m0/s1. The Morgan fingerprint density at radius 3 is 2.85 bits per heavy atom. The topological polar surface area (TPSA) is 69.6 Å². The molecule has 1 aliphatic heterocycles. The Labute approximate surface area is 154 Å². The zero-order chi connectivity index (χ0) is 18.1. The number of hydrogen-bond acceptors (Lipinski definition) is 5. The Hall–Kier alpha value is -2.80. The van der Waals surface area contributed by atoms with Gasteiger partial charge in [-0.2, -0.15) is 0 Å². The van der Waals surface area contributed by atoms with E-state index in [0.29, 0.717) is 29.9 Å². The highest BCUT2D eigenvalue weighted by molar-refractivity contribution is 7.14. The smallest absolute Gasteiger partial charge is 0.269 e. The molecule has 26 heavy (non-hydrogen) atoms. The Bertz CT molecular complexity index is 1020. The van der Waals surface area contributed by atoms with E-state index in [1.54, 1.807) is 10.0 Å². The molecule has 0 bridgehead atoms. The van der Waals surface area contributed by atoms with Crippen molar-refractivity contribution in [1.29, 1.82) is 0 Å². The van der Waals surface area contributed by atoms with Crippen LogP contribution in [0.1, 0.15) is 24.9 Å². The lowest BCUT2D eigenvalue weighted by atomic mass is 10.1. The fourth-order valence-corrected chi connectivity index (χ4v) is 4.17. The van der Waals surface area contributed by atoms with Crippen LogP contribution in [0.15, 0.2) is 47.3 Å². The third-order valence-corrected chi connectivity index (χ3v) is 5.56. The predicted molar refractivity (Wildman–Crippen MR) is 99.8 cm³/mol. The minimum absolute atomic E-state index is 0.115. The van der Waals surface area contributed by atoms with Gasteiger partial charge in [0.25, 0.3) is 5.56 Å². The lowest BCUT2D eigenvalue weighted by Crippen LogP contribution is -2.34. The number of benzene rings is 2. The first kappa shape index (κ1) is 16.7. The third kappa shape index (κ3) is 2.94. The van der Waals surface area contributed by atoms with Crippen molar-refractivity contribution in [2.24, 2.45) is 0 Å². The fourth-order valence-electron chi connectivity index (χ4n) is 3.01. The van der Waals surface area contributed by atoms with Crippen LogP contribution in [0.2, 0.25) is 0 Å². The fraction of sp³-hybridized carbons (Fsp3) is 0.263. The zero-order valence-electron chi connectivity index (χ0n) is 14.2.